The van der Waals surface area contributed by atoms with Crippen molar-refractivity contribution in [1.82, 2.24) is 30.0 Å². The lowest BCUT2D eigenvalue weighted by Gasteiger charge is -2.30. The molecule has 5 heterocycles. The van der Waals surface area contributed by atoms with Gasteiger partial charge in [-0.25, -0.2) is 19.3 Å². The van der Waals surface area contributed by atoms with Crippen LogP contribution < -0.4 is 15.0 Å². The van der Waals surface area contributed by atoms with Crippen LogP contribution in [-0.4, -0.2) is 68.3 Å². The van der Waals surface area contributed by atoms with E-state index in [0.717, 1.165) is 5.69 Å². The van der Waals surface area contributed by atoms with Crippen LogP contribution in [0.1, 0.15) is 30.9 Å². The van der Waals surface area contributed by atoms with E-state index in [4.69, 9.17) is 4.74 Å². The van der Waals surface area contributed by atoms with Gasteiger partial charge in [0, 0.05) is 50.4 Å². The van der Waals surface area contributed by atoms with Crippen LogP contribution in [0.15, 0.2) is 55.5 Å². The maximum Gasteiger partial charge on any atom is 0.393 e. The number of carbonyl (C=O) groups excluding carboxylic acids is 1. The van der Waals surface area contributed by atoms with Crippen LogP contribution in [0.4, 0.5) is 34.9 Å². The molecular formula is C29H28F4N8O2. The quantitative estimate of drug-likeness (QED) is 0.206. The van der Waals surface area contributed by atoms with Gasteiger partial charge in [0.2, 0.25) is 5.91 Å². The number of piperidine rings is 1. The maximum atomic E-state index is 15.3. The third-order valence-electron chi connectivity index (χ3n) is 7.88. The summed E-state index contributed by atoms with van der Waals surface area (Å²) >= 11 is 0. The van der Waals surface area contributed by atoms with Gasteiger partial charge in [-0.05, 0) is 43.5 Å². The Morgan fingerprint density at radius 3 is 2.58 bits per heavy atom. The Bertz CT molecular complexity index is 1650. The first-order valence-corrected chi connectivity index (χ1v) is 13.8. The topological polar surface area (TPSA) is 112 Å². The molecule has 14 heteroatoms. The van der Waals surface area contributed by atoms with Gasteiger partial charge in [0.15, 0.2) is 5.65 Å². The highest BCUT2D eigenvalue weighted by atomic mass is 19.4. The standard InChI is InChI=1S/C29H28F4N8O2/c1-2-24(42)40-10-6-17(7-11-40)26-25-27(35-16-36-28(25)39-38-26)37-22-4-3-19(13-21(22)30)43-20-5-9-34-23(14-20)41-12-8-18(15-41)29(31,32)33/h2-5,9,13-14,16-18H,1,6-8,10-12,15H2,(H2,35,36,37,38,39). The summed E-state index contributed by atoms with van der Waals surface area (Å²) in [5.74, 6) is -0.781. The number of H-pyrrole nitrogens is 1. The molecule has 0 spiro atoms. The monoisotopic (exact) mass is 596 g/mol. The SMILES string of the molecule is C=CC(=O)N1CCC(c2n[nH]c3ncnc(Nc4ccc(Oc5ccnc(N6CCC(C(F)(F)F)C6)c5)cc4F)c23)CC1. The maximum absolute atomic E-state index is 15.3. The summed E-state index contributed by atoms with van der Waals surface area (Å²) in [7, 11) is 0. The Balaban J connectivity index is 1.16. The number of anilines is 3. The van der Waals surface area contributed by atoms with E-state index in [1.54, 1.807) is 28.0 Å². The van der Waals surface area contributed by atoms with Gasteiger partial charge in [-0.3, -0.25) is 9.89 Å². The summed E-state index contributed by atoms with van der Waals surface area (Å²) in [6, 6.07) is 7.38. The van der Waals surface area contributed by atoms with Crippen LogP contribution in [0.25, 0.3) is 11.0 Å². The molecule has 1 amide bonds. The zero-order valence-electron chi connectivity index (χ0n) is 22.9. The van der Waals surface area contributed by atoms with Crippen molar-refractivity contribution >= 4 is 34.3 Å². The Kier molecular flexibility index (Phi) is 7.59. The number of alkyl halides is 3. The van der Waals surface area contributed by atoms with Crippen molar-refractivity contribution < 1.29 is 27.1 Å². The number of ether oxygens (including phenoxy) is 1. The van der Waals surface area contributed by atoms with E-state index < -0.39 is 17.9 Å². The number of carbonyl (C=O) groups is 1. The van der Waals surface area contributed by atoms with Crippen LogP contribution in [0.2, 0.25) is 0 Å². The predicted octanol–water partition coefficient (Wildman–Crippen LogP) is 5.70. The minimum absolute atomic E-state index is 0.00485. The van der Waals surface area contributed by atoms with Crippen LogP contribution in [-0.2, 0) is 4.79 Å². The summed E-state index contributed by atoms with van der Waals surface area (Å²) in [5.41, 5.74) is 1.40. The van der Waals surface area contributed by atoms with E-state index >= 15 is 4.39 Å². The molecule has 1 atom stereocenters. The summed E-state index contributed by atoms with van der Waals surface area (Å²) in [5, 5.41) is 11.1. The van der Waals surface area contributed by atoms with Crippen molar-refractivity contribution in [2.24, 2.45) is 5.92 Å². The first kappa shape index (κ1) is 28.4. The van der Waals surface area contributed by atoms with Crippen LogP contribution >= 0.6 is 0 Å². The summed E-state index contributed by atoms with van der Waals surface area (Å²) in [4.78, 5) is 28.1. The molecule has 3 aromatic heterocycles. The number of fused-ring (bicyclic) bond motifs is 1. The Morgan fingerprint density at radius 1 is 1.07 bits per heavy atom. The summed E-state index contributed by atoms with van der Waals surface area (Å²) in [6.07, 6.45) is 1.26. The average Bonchev–Trinajstić information content (AvgIpc) is 3.67. The Morgan fingerprint density at radius 2 is 1.86 bits per heavy atom. The Labute approximate surface area is 243 Å². The number of halogens is 4. The highest BCUT2D eigenvalue weighted by molar-refractivity contribution is 5.91. The second-order valence-electron chi connectivity index (χ2n) is 10.6. The van der Waals surface area contributed by atoms with Gasteiger partial charge in [-0.15, -0.1) is 0 Å². The number of nitrogens with one attached hydrogen (secondary N) is 2. The number of aromatic nitrogens is 5. The smallest absolute Gasteiger partial charge is 0.393 e. The van der Waals surface area contributed by atoms with Crippen molar-refractivity contribution in [1.29, 1.82) is 0 Å². The fourth-order valence-corrected chi connectivity index (χ4v) is 5.57. The highest BCUT2D eigenvalue weighted by Crippen LogP contribution is 2.37. The molecule has 2 fully saturated rings. The molecule has 2 saturated heterocycles. The van der Waals surface area contributed by atoms with E-state index in [2.05, 4.69) is 37.0 Å². The number of aromatic amines is 1. The van der Waals surface area contributed by atoms with Gasteiger partial charge in [0.05, 0.1) is 22.7 Å². The van der Waals surface area contributed by atoms with E-state index in [0.29, 0.717) is 54.3 Å². The zero-order valence-corrected chi connectivity index (χ0v) is 22.9. The van der Waals surface area contributed by atoms with Gasteiger partial charge in [0.1, 0.15) is 35.3 Å². The minimum atomic E-state index is -4.25. The number of likely N-dealkylation sites (tertiary alicyclic amines) is 1. The molecule has 0 saturated carbocycles. The van der Waals surface area contributed by atoms with Crippen LogP contribution in [0.3, 0.4) is 0 Å². The van der Waals surface area contributed by atoms with Gasteiger partial charge >= 0.3 is 6.18 Å². The number of rotatable bonds is 7. The number of hydrogen-bond donors (Lipinski definition) is 2. The molecule has 2 aliphatic rings. The van der Waals surface area contributed by atoms with E-state index in [9.17, 15) is 18.0 Å². The lowest BCUT2D eigenvalue weighted by Crippen LogP contribution is -2.36. The number of hydrogen-bond acceptors (Lipinski definition) is 8. The lowest BCUT2D eigenvalue weighted by atomic mass is 9.92. The molecule has 1 aromatic carbocycles. The molecule has 0 radical (unpaired) electrons. The number of amides is 1. The first-order chi connectivity index (χ1) is 20.7. The van der Waals surface area contributed by atoms with Crippen LogP contribution in [0, 0.1) is 11.7 Å². The molecule has 2 aliphatic heterocycles. The van der Waals surface area contributed by atoms with Crippen molar-refractivity contribution in [3.8, 4) is 11.5 Å². The third kappa shape index (κ3) is 5.94. The van der Waals surface area contributed by atoms with Crippen molar-refractivity contribution in [2.45, 2.75) is 31.4 Å². The largest absolute Gasteiger partial charge is 0.457 e. The first-order valence-electron chi connectivity index (χ1n) is 13.8. The number of nitrogens with zero attached hydrogens (tertiary/aromatic N) is 6. The molecule has 224 valence electrons. The van der Waals surface area contributed by atoms with E-state index in [1.807, 2.05) is 0 Å². The Hall–Kier alpha value is -4.75. The molecule has 0 bridgehead atoms. The highest BCUT2D eigenvalue weighted by Gasteiger charge is 2.43. The molecule has 6 rings (SSSR count). The van der Waals surface area contributed by atoms with Crippen LogP contribution in [0.5, 0.6) is 11.5 Å². The number of benzene rings is 1. The van der Waals surface area contributed by atoms with Crippen molar-refractivity contribution in [2.75, 3.05) is 36.4 Å². The predicted molar refractivity (Wildman–Crippen MR) is 151 cm³/mol. The fourth-order valence-electron chi connectivity index (χ4n) is 5.57. The normalized spacial score (nSPS) is 17.8. The molecule has 0 aliphatic carbocycles. The van der Waals surface area contributed by atoms with Gasteiger partial charge in [-0.2, -0.15) is 18.3 Å². The average molecular weight is 597 g/mol. The van der Waals surface area contributed by atoms with Gasteiger partial charge < -0.3 is 19.9 Å². The molecule has 43 heavy (non-hydrogen) atoms. The molecular weight excluding hydrogens is 568 g/mol. The molecule has 4 aromatic rings. The van der Waals surface area contributed by atoms with Crippen molar-refractivity contribution in [3.63, 3.8) is 0 Å². The second kappa shape index (κ2) is 11.5. The van der Waals surface area contributed by atoms with Crippen molar-refractivity contribution in [3.05, 3.63) is 67.0 Å². The number of pyridine rings is 1. The molecule has 10 nitrogen and oxygen atoms in total. The third-order valence-corrected chi connectivity index (χ3v) is 7.88. The minimum Gasteiger partial charge on any atom is -0.457 e. The van der Waals surface area contributed by atoms with Gasteiger partial charge in [-0.1, -0.05) is 6.58 Å². The fraction of sp³-hybridized carbons (Fsp3) is 0.345. The van der Waals surface area contributed by atoms with E-state index in [1.165, 1.54) is 30.7 Å². The summed E-state index contributed by atoms with van der Waals surface area (Å²) in [6.45, 7) is 4.76. The summed E-state index contributed by atoms with van der Waals surface area (Å²) < 4.78 is 60.4. The molecule has 2 N–H and O–H groups in total. The van der Waals surface area contributed by atoms with E-state index in [-0.39, 0.29) is 42.8 Å². The lowest BCUT2D eigenvalue weighted by molar-refractivity contribution is -0.168. The second-order valence-corrected chi connectivity index (χ2v) is 10.6. The molecule has 1 unspecified atom stereocenters. The zero-order chi connectivity index (χ0) is 30.1. The van der Waals surface area contributed by atoms with Gasteiger partial charge in [0.25, 0.3) is 0 Å².